The van der Waals surface area contributed by atoms with Crippen molar-refractivity contribution in [2.45, 2.75) is 6.92 Å². The zero-order valence-electron chi connectivity index (χ0n) is 11.7. The number of aliphatic hydroxyl groups is 1. The van der Waals surface area contributed by atoms with Crippen molar-refractivity contribution in [1.29, 1.82) is 0 Å². The van der Waals surface area contributed by atoms with E-state index >= 15 is 0 Å². The molecule has 1 aromatic rings. The maximum absolute atomic E-state index is 12.1. The molecule has 0 fully saturated rings. The van der Waals surface area contributed by atoms with Gasteiger partial charge in [-0.2, -0.15) is 0 Å². The van der Waals surface area contributed by atoms with Crippen molar-refractivity contribution < 1.29 is 9.90 Å². The van der Waals surface area contributed by atoms with Crippen molar-refractivity contribution in [2.24, 2.45) is 0 Å². The molecular formula is C15H20N2O2. The van der Waals surface area contributed by atoms with Crippen LogP contribution in [0.1, 0.15) is 21.5 Å². The highest BCUT2D eigenvalue weighted by Crippen LogP contribution is 2.10. The van der Waals surface area contributed by atoms with Crippen molar-refractivity contribution in [3.05, 3.63) is 34.9 Å². The van der Waals surface area contributed by atoms with Gasteiger partial charge in [-0.05, 0) is 33.2 Å². The summed E-state index contributed by atoms with van der Waals surface area (Å²) in [6.45, 7) is 3.09. The van der Waals surface area contributed by atoms with Gasteiger partial charge in [0.2, 0.25) is 0 Å². The molecule has 0 aromatic heterocycles. The molecule has 0 saturated heterocycles. The van der Waals surface area contributed by atoms with Gasteiger partial charge in [0.25, 0.3) is 5.91 Å². The highest BCUT2D eigenvalue weighted by Gasteiger charge is 2.10. The lowest BCUT2D eigenvalue weighted by Crippen LogP contribution is -2.31. The number of hydrogen-bond acceptors (Lipinski definition) is 3. The number of aliphatic hydroxyl groups excluding tert-OH is 1. The number of rotatable bonds is 4. The molecule has 102 valence electrons. The minimum atomic E-state index is -0.213. The van der Waals surface area contributed by atoms with Gasteiger partial charge >= 0.3 is 0 Å². The molecule has 4 nitrogen and oxygen atoms in total. The summed E-state index contributed by atoms with van der Waals surface area (Å²) in [5.41, 5.74) is 2.20. The highest BCUT2D eigenvalue weighted by molar-refractivity contribution is 5.96. The Balaban J connectivity index is 2.85. The van der Waals surface area contributed by atoms with E-state index in [0.717, 1.165) is 12.1 Å². The highest BCUT2D eigenvalue weighted by atomic mass is 16.2. The molecule has 0 saturated carbocycles. The van der Waals surface area contributed by atoms with E-state index in [-0.39, 0.29) is 12.5 Å². The summed E-state index contributed by atoms with van der Waals surface area (Å²) in [6.07, 6.45) is 0. The molecule has 0 aliphatic heterocycles. The first-order valence-corrected chi connectivity index (χ1v) is 6.18. The van der Waals surface area contributed by atoms with Gasteiger partial charge in [0.1, 0.15) is 6.61 Å². The third-order valence-corrected chi connectivity index (χ3v) is 2.57. The fraction of sp³-hybridized carbons (Fsp3) is 0.400. The Bertz CT molecular complexity index is 499. The monoisotopic (exact) mass is 260 g/mol. The third-order valence-electron chi connectivity index (χ3n) is 2.57. The molecule has 19 heavy (non-hydrogen) atoms. The molecule has 0 heterocycles. The maximum atomic E-state index is 12.1. The van der Waals surface area contributed by atoms with Gasteiger partial charge in [0.15, 0.2) is 0 Å². The Morgan fingerprint density at radius 2 is 2.16 bits per heavy atom. The number of benzene rings is 1. The molecule has 1 amide bonds. The number of amides is 1. The fourth-order valence-electron chi connectivity index (χ4n) is 1.58. The van der Waals surface area contributed by atoms with E-state index in [2.05, 4.69) is 17.2 Å². The zero-order valence-corrected chi connectivity index (χ0v) is 11.7. The lowest BCUT2D eigenvalue weighted by atomic mass is 10.0. The second kappa shape index (κ2) is 7.57. The van der Waals surface area contributed by atoms with Crippen LogP contribution < -0.4 is 5.32 Å². The summed E-state index contributed by atoms with van der Waals surface area (Å²) in [7, 11) is 3.91. The van der Waals surface area contributed by atoms with Crippen molar-refractivity contribution in [2.75, 3.05) is 33.8 Å². The summed E-state index contributed by atoms with van der Waals surface area (Å²) in [4.78, 5) is 14.1. The molecule has 1 aromatic carbocycles. The van der Waals surface area contributed by atoms with Crippen molar-refractivity contribution in [1.82, 2.24) is 10.2 Å². The second-order valence-corrected chi connectivity index (χ2v) is 4.57. The van der Waals surface area contributed by atoms with E-state index in [9.17, 15) is 4.79 Å². The molecule has 0 unspecified atom stereocenters. The van der Waals surface area contributed by atoms with Gasteiger partial charge < -0.3 is 15.3 Å². The molecule has 0 bridgehead atoms. The van der Waals surface area contributed by atoms with Crippen molar-refractivity contribution >= 4 is 5.91 Å². The lowest BCUT2D eigenvalue weighted by Gasteiger charge is -2.11. The van der Waals surface area contributed by atoms with Crippen LogP contribution in [0.15, 0.2) is 18.2 Å². The van der Waals surface area contributed by atoms with Gasteiger partial charge in [-0.15, -0.1) is 0 Å². The number of nitrogens with one attached hydrogen (secondary N) is 1. The zero-order chi connectivity index (χ0) is 14.3. The SMILES string of the molecule is Cc1ccc(C#CCO)c(C(=O)NCCN(C)C)c1. The predicted molar refractivity (Wildman–Crippen MR) is 76.0 cm³/mol. The van der Waals surface area contributed by atoms with Crippen LogP contribution in [0.3, 0.4) is 0 Å². The number of likely N-dealkylation sites (N-methyl/N-ethyl adjacent to an activating group) is 1. The first kappa shape index (κ1) is 15.2. The average Bonchev–Trinajstić information content (AvgIpc) is 2.36. The molecule has 2 N–H and O–H groups in total. The molecule has 0 spiro atoms. The van der Waals surface area contributed by atoms with Crippen LogP contribution >= 0.6 is 0 Å². The smallest absolute Gasteiger partial charge is 0.252 e. The van der Waals surface area contributed by atoms with E-state index in [1.54, 1.807) is 6.07 Å². The van der Waals surface area contributed by atoms with E-state index in [1.807, 2.05) is 38.1 Å². The van der Waals surface area contributed by atoms with Gasteiger partial charge in [-0.25, -0.2) is 0 Å². The number of nitrogens with zero attached hydrogens (tertiary/aromatic N) is 1. The fourth-order valence-corrected chi connectivity index (χ4v) is 1.58. The summed E-state index contributed by atoms with van der Waals surface area (Å²) < 4.78 is 0. The van der Waals surface area contributed by atoms with E-state index in [4.69, 9.17) is 5.11 Å². The Morgan fingerprint density at radius 1 is 1.42 bits per heavy atom. The van der Waals surface area contributed by atoms with Crippen LogP contribution in [0, 0.1) is 18.8 Å². The van der Waals surface area contributed by atoms with Crippen LogP contribution in [-0.2, 0) is 0 Å². The Hall–Kier alpha value is -1.83. The molecule has 1 rings (SSSR count). The topological polar surface area (TPSA) is 52.6 Å². The largest absolute Gasteiger partial charge is 0.384 e. The summed E-state index contributed by atoms with van der Waals surface area (Å²) in [6, 6.07) is 5.52. The van der Waals surface area contributed by atoms with Crippen molar-refractivity contribution in [3.8, 4) is 11.8 Å². The second-order valence-electron chi connectivity index (χ2n) is 4.57. The van der Waals surface area contributed by atoms with Crippen LogP contribution in [0.25, 0.3) is 0 Å². The first-order valence-electron chi connectivity index (χ1n) is 6.18. The van der Waals surface area contributed by atoms with E-state index in [0.29, 0.717) is 17.7 Å². The molecule has 0 radical (unpaired) electrons. The number of aryl methyl sites for hydroxylation is 1. The number of carbonyl (C=O) groups is 1. The van der Waals surface area contributed by atoms with Crippen molar-refractivity contribution in [3.63, 3.8) is 0 Å². The quantitative estimate of drug-likeness (QED) is 0.781. The Labute approximate surface area is 114 Å². The van der Waals surface area contributed by atoms with Gasteiger partial charge in [-0.3, -0.25) is 4.79 Å². The number of hydrogen-bond donors (Lipinski definition) is 2. The summed E-state index contributed by atoms with van der Waals surface area (Å²) in [5, 5.41) is 11.6. The normalized spacial score (nSPS) is 9.95. The minimum Gasteiger partial charge on any atom is -0.384 e. The summed E-state index contributed by atoms with van der Waals surface area (Å²) >= 11 is 0. The van der Waals surface area contributed by atoms with Gasteiger partial charge in [0, 0.05) is 18.7 Å². The molecule has 0 aliphatic rings. The molecule has 4 heteroatoms. The molecular weight excluding hydrogens is 240 g/mol. The van der Waals surface area contributed by atoms with Crippen LogP contribution in [0.4, 0.5) is 0 Å². The summed E-state index contributed by atoms with van der Waals surface area (Å²) in [5.74, 6) is 5.24. The molecule has 0 atom stereocenters. The van der Waals surface area contributed by atoms with Crippen LogP contribution in [0.2, 0.25) is 0 Å². The minimum absolute atomic E-state index is 0.132. The predicted octanol–water partition coefficient (Wildman–Crippen LogP) is 0.630. The Kier molecular flexibility index (Phi) is 6.07. The van der Waals surface area contributed by atoms with Crippen LogP contribution in [-0.4, -0.2) is 49.7 Å². The first-order chi connectivity index (χ1) is 9.04. The maximum Gasteiger partial charge on any atom is 0.252 e. The average molecular weight is 260 g/mol. The van der Waals surface area contributed by atoms with Gasteiger partial charge in [-0.1, -0.05) is 23.5 Å². The van der Waals surface area contributed by atoms with Crippen LogP contribution in [0.5, 0.6) is 0 Å². The Morgan fingerprint density at radius 3 is 2.79 bits per heavy atom. The van der Waals surface area contributed by atoms with E-state index in [1.165, 1.54) is 0 Å². The van der Waals surface area contributed by atoms with E-state index < -0.39 is 0 Å². The standard InChI is InChI=1S/C15H20N2O2/c1-12-6-7-13(5-4-10-18)14(11-12)15(19)16-8-9-17(2)3/h6-7,11,18H,8-10H2,1-3H3,(H,16,19). The van der Waals surface area contributed by atoms with Gasteiger partial charge in [0.05, 0.1) is 5.56 Å². The molecule has 0 aliphatic carbocycles. The number of carbonyl (C=O) groups excluding carboxylic acids is 1. The lowest BCUT2D eigenvalue weighted by molar-refractivity contribution is 0.0950. The third kappa shape index (κ3) is 5.12.